The first kappa shape index (κ1) is 25.9. The van der Waals surface area contributed by atoms with Gasteiger partial charge in [-0.3, -0.25) is 9.35 Å². The maximum absolute atomic E-state index is 11.4. The summed E-state index contributed by atoms with van der Waals surface area (Å²) in [6.07, 6.45) is -11.3. The van der Waals surface area contributed by atoms with Gasteiger partial charge in [-0.25, -0.2) is 8.98 Å². The first-order valence-electron chi connectivity index (χ1n) is 8.10. The van der Waals surface area contributed by atoms with Crippen molar-refractivity contribution in [2.75, 3.05) is 6.61 Å². The smallest absolute Gasteiger partial charge is 0.397 e. The fourth-order valence-electron chi connectivity index (χ4n) is 2.31. The molecule has 7 N–H and O–H groups in total. The zero-order valence-corrected chi connectivity index (χ0v) is 16.1. The van der Waals surface area contributed by atoms with E-state index in [0.29, 0.717) is 6.08 Å². The zero-order valence-electron chi connectivity index (χ0n) is 15.3. The highest BCUT2D eigenvalue weighted by molar-refractivity contribution is 7.80. The fourth-order valence-corrected chi connectivity index (χ4v) is 2.62. The number of carbonyl (C=O) groups excluding carboxylic acids is 2. The van der Waals surface area contributed by atoms with Crippen molar-refractivity contribution in [2.24, 2.45) is 0 Å². The molecule has 0 fully saturated rings. The van der Waals surface area contributed by atoms with Crippen molar-refractivity contribution in [3.05, 3.63) is 11.8 Å². The van der Waals surface area contributed by atoms with E-state index in [9.17, 15) is 43.2 Å². The number of carbonyl (C=O) groups is 3. The second-order valence-corrected chi connectivity index (χ2v) is 7.13. The van der Waals surface area contributed by atoms with Gasteiger partial charge in [0.25, 0.3) is 0 Å². The van der Waals surface area contributed by atoms with Crippen LogP contribution in [0, 0.1) is 0 Å². The highest BCUT2D eigenvalue weighted by Crippen LogP contribution is 2.23. The van der Waals surface area contributed by atoms with Gasteiger partial charge in [-0.2, -0.15) is 8.42 Å². The van der Waals surface area contributed by atoms with Gasteiger partial charge in [-0.15, -0.1) is 0 Å². The summed E-state index contributed by atoms with van der Waals surface area (Å²) in [7, 11) is -5.00. The number of aliphatic hydroxyl groups is 4. The fraction of sp³-hybridized carbons (Fsp3) is 0.643. The van der Waals surface area contributed by atoms with Gasteiger partial charge in [0.15, 0.2) is 0 Å². The molecule has 1 heterocycles. The highest BCUT2D eigenvalue weighted by Gasteiger charge is 2.42. The van der Waals surface area contributed by atoms with Crippen LogP contribution >= 0.6 is 0 Å². The van der Waals surface area contributed by atoms with Crippen molar-refractivity contribution in [3.63, 3.8) is 0 Å². The van der Waals surface area contributed by atoms with E-state index in [1.165, 1.54) is 0 Å². The Morgan fingerprint density at radius 3 is 2.40 bits per heavy atom. The van der Waals surface area contributed by atoms with Gasteiger partial charge in [0.05, 0.1) is 6.61 Å². The second kappa shape index (κ2) is 10.7. The number of ether oxygens (including phenoxy) is 2. The average molecular weight is 459 g/mol. The Hall–Kier alpha value is -2.18. The third-order valence-electron chi connectivity index (χ3n) is 3.69. The van der Waals surface area contributed by atoms with Crippen molar-refractivity contribution in [2.45, 2.75) is 49.8 Å². The molecule has 16 heteroatoms. The summed E-state index contributed by atoms with van der Waals surface area (Å²) in [5.41, 5.74) is 0. The van der Waals surface area contributed by atoms with Gasteiger partial charge < -0.3 is 45.1 Å². The lowest BCUT2D eigenvalue weighted by molar-refractivity contribution is -0.247. The Morgan fingerprint density at radius 1 is 1.33 bits per heavy atom. The zero-order chi connectivity index (χ0) is 23.2. The molecule has 0 aromatic carbocycles. The third kappa shape index (κ3) is 7.58. The molecule has 172 valence electrons. The first-order chi connectivity index (χ1) is 13.8. The second-order valence-electron chi connectivity index (χ2n) is 6.04. The van der Waals surface area contributed by atoms with E-state index in [0.717, 1.165) is 6.92 Å². The molecule has 15 nitrogen and oxygen atoms in total. The molecule has 1 rings (SSSR count). The quantitative estimate of drug-likeness (QED) is 0.114. The minimum atomic E-state index is -5.00. The van der Waals surface area contributed by atoms with Gasteiger partial charge in [0.1, 0.15) is 42.8 Å². The lowest BCUT2D eigenvalue weighted by atomic mass is 10.0. The number of rotatable bonds is 11. The lowest BCUT2D eigenvalue weighted by Crippen LogP contribution is -2.58. The number of aldehydes is 1. The highest BCUT2D eigenvalue weighted by atomic mass is 32.3. The van der Waals surface area contributed by atoms with Gasteiger partial charge in [0.2, 0.25) is 18.0 Å². The molecule has 0 aromatic heterocycles. The summed E-state index contributed by atoms with van der Waals surface area (Å²) >= 11 is 0. The lowest BCUT2D eigenvalue weighted by Gasteiger charge is -2.37. The molecule has 0 saturated heterocycles. The van der Waals surface area contributed by atoms with Gasteiger partial charge in [-0.05, 0) is 6.08 Å². The van der Waals surface area contributed by atoms with Crippen molar-refractivity contribution < 1.29 is 66.5 Å². The van der Waals surface area contributed by atoms with Crippen LogP contribution in [0.15, 0.2) is 11.8 Å². The number of amides is 1. The SMILES string of the molecule is CC(=O)NC(C=O)C(OC1OC(C(=O)O)=CC(O)C1O)C(O)C(O)COS(=O)(=O)O. The maximum Gasteiger partial charge on any atom is 0.397 e. The molecular weight excluding hydrogens is 438 g/mol. The minimum absolute atomic E-state index is 0.0607. The number of carboxylic acid groups (broad SMARTS) is 1. The molecule has 0 aliphatic carbocycles. The van der Waals surface area contributed by atoms with E-state index in [-0.39, 0.29) is 6.29 Å². The van der Waals surface area contributed by atoms with Crippen LogP contribution in [0.1, 0.15) is 6.92 Å². The Bertz CT molecular complexity index is 767. The summed E-state index contributed by atoms with van der Waals surface area (Å²) in [6, 6.07) is -1.72. The van der Waals surface area contributed by atoms with E-state index in [2.05, 4.69) is 4.18 Å². The van der Waals surface area contributed by atoms with Gasteiger partial charge in [-0.1, -0.05) is 0 Å². The summed E-state index contributed by atoms with van der Waals surface area (Å²) in [6.45, 7) is -0.221. The molecule has 0 saturated carbocycles. The van der Waals surface area contributed by atoms with Crippen molar-refractivity contribution in [1.29, 1.82) is 0 Å². The molecular formula is C14H21NO14S. The topological polar surface area (TPSA) is 246 Å². The molecule has 0 radical (unpaired) electrons. The number of carboxylic acids is 1. The van der Waals surface area contributed by atoms with Crippen LogP contribution in [0.4, 0.5) is 0 Å². The van der Waals surface area contributed by atoms with E-state index in [1.54, 1.807) is 0 Å². The van der Waals surface area contributed by atoms with Crippen molar-refractivity contribution in [1.82, 2.24) is 5.32 Å². The molecule has 7 unspecified atom stereocenters. The van der Waals surface area contributed by atoms with E-state index in [1.807, 2.05) is 5.32 Å². The maximum atomic E-state index is 11.4. The molecule has 7 atom stereocenters. The number of nitrogens with one attached hydrogen (secondary N) is 1. The van der Waals surface area contributed by atoms with Crippen LogP contribution in [-0.4, -0.2) is 106 Å². The largest absolute Gasteiger partial charge is 0.475 e. The minimum Gasteiger partial charge on any atom is -0.475 e. The van der Waals surface area contributed by atoms with Crippen LogP contribution in [-0.2, 0) is 38.4 Å². The monoisotopic (exact) mass is 459 g/mol. The van der Waals surface area contributed by atoms with E-state index >= 15 is 0 Å². The predicted molar refractivity (Wildman–Crippen MR) is 90.7 cm³/mol. The summed E-state index contributed by atoms with van der Waals surface area (Å²) in [5, 5.41) is 50.9. The molecule has 0 spiro atoms. The summed E-state index contributed by atoms with van der Waals surface area (Å²) in [4.78, 5) is 33.7. The van der Waals surface area contributed by atoms with Crippen LogP contribution in [0.25, 0.3) is 0 Å². The van der Waals surface area contributed by atoms with Crippen molar-refractivity contribution >= 4 is 28.6 Å². The van der Waals surface area contributed by atoms with E-state index in [4.69, 9.17) is 19.1 Å². The van der Waals surface area contributed by atoms with Crippen LogP contribution < -0.4 is 5.32 Å². The molecule has 0 aromatic rings. The summed E-state index contributed by atoms with van der Waals surface area (Å²) in [5.74, 6) is -3.29. The van der Waals surface area contributed by atoms with Gasteiger partial charge >= 0.3 is 16.4 Å². The average Bonchev–Trinajstić information content (AvgIpc) is 2.63. The molecule has 1 aliphatic heterocycles. The van der Waals surface area contributed by atoms with Crippen LogP contribution in [0.5, 0.6) is 0 Å². The van der Waals surface area contributed by atoms with Crippen LogP contribution in [0.2, 0.25) is 0 Å². The molecule has 30 heavy (non-hydrogen) atoms. The van der Waals surface area contributed by atoms with E-state index < -0.39 is 77.5 Å². The Morgan fingerprint density at radius 2 is 1.93 bits per heavy atom. The normalized spacial score (nSPS) is 25.8. The number of aliphatic carboxylic acids is 1. The molecule has 1 amide bonds. The Kier molecular flexibility index (Phi) is 9.25. The number of hydrogen-bond acceptors (Lipinski definition) is 12. The van der Waals surface area contributed by atoms with Crippen LogP contribution in [0.3, 0.4) is 0 Å². The standard InChI is InChI=1S/C14H21NO14S/c1-5(17)15-6(3-16)12(10(20)8(19)4-27-30(24,25)26)29-14-11(21)7(18)2-9(28-14)13(22)23/h2-3,6-8,10-12,14,18-21H,4H2,1H3,(H,15,17)(H,22,23)(H,24,25,26). The number of hydrogen-bond donors (Lipinski definition) is 7. The number of aliphatic hydroxyl groups excluding tert-OH is 4. The third-order valence-corrected chi connectivity index (χ3v) is 4.12. The molecule has 0 bridgehead atoms. The van der Waals surface area contributed by atoms with Gasteiger partial charge in [0, 0.05) is 6.92 Å². The predicted octanol–water partition coefficient (Wildman–Crippen LogP) is -4.34. The Labute approximate surface area is 169 Å². The van der Waals surface area contributed by atoms with Crippen molar-refractivity contribution in [3.8, 4) is 0 Å². The molecule has 1 aliphatic rings. The summed E-state index contributed by atoms with van der Waals surface area (Å²) < 4.78 is 43.7. The Balaban J connectivity index is 3.14. The first-order valence-corrected chi connectivity index (χ1v) is 9.47.